The van der Waals surface area contributed by atoms with E-state index in [1.807, 2.05) is 13.0 Å². The van der Waals surface area contributed by atoms with E-state index < -0.39 is 0 Å². The molecule has 0 aliphatic carbocycles. The third kappa shape index (κ3) is 2.44. The van der Waals surface area contributed by atoms with Gasteiger partial charge in [0.2, 0.25) is 0 Å². The van der Waals surface area contributed by atoms with Gasteiger partial charge in [0, 0.05) is 18.3 Å². The molecule has 2 aromatic heterocycles. The minimum absolute atomic E-state index is 0.226. The third-order valence-corrected chi connectivity index (χ3v) is 3.67. The zero-order chi connectivity index (χ0) is 13.3. The molecule has 0 atom stereocenters. The minimum Gasteiger partial charge on any atom is -0.369 e. The quantitative estimate of drug-likeness (QED) is 0.902. The predicted molar refractivity (Wildman–Crippen MR) is 72.6 cm³/mol. The van der Waals surface area contributed by atoms with Crippen LogP contribution in [-0.4, -0.2) is 26.1 Å². The Morgan fingerprint density at radius 3 is 2.78 bits per heavy atom. The van der Waals surface area contributed by atoms with E-state index in [9.17, 15) is 0 Å². The topological polar surface area (TPSA) is 55.1 Å². The summed E-state index contributed by atoms with van der Waals surface area (Å²) in [4.78, 5) is 8.45. The number of anilines is 1. The number of rotatable bonds is 4. The Labute approximate surface area is 108 Å². The molecule has 2 aromatic rings. The molecule has 0 radical (unpaired) electrons. The van der Waals surface area contributed by atoms with Crippen LogP contribution in [0.5, 0.6) is 0 Å². The number of hydrogen-bond acceptors (Lipinski definition) is 4. The predicted octanol–water partition coefficient (Wildman–Crippen LogP) is 2.53. The van der Waals surface area contributed by atoms with Gasteiger partial charge in [0.25, 0.3) is 5.78 Å². The first kappa shape index (κ1) is 12.8. The zero-order valence-corrected chi connectivity index (χ0v) is 11.7. The van der Waals surface area contributed by atoms with E-state index in [2.05, 4.69) is 48.1 Å². The molecule has 0 saturated carbocycles. The van der Waals surface area contributed by atoms with E-state index in [-0.39, 0.29) is 5.41 Å². The van der Waals surface area contributed by atoms with Gasteiger partial charge in [0.05, 0.1) is 0 Å². The Morgan fingerprint density at radius 1 is 1.39 bits per heavy atom. The van der Waals surface area contributed by atoms with Gasteiger partial charge < -0.3 is 5.32 Å². The molecular formula is C13H21N5. The first-order valence-corrected chi connectivity index (χ1v) is 6.31. The molecule has 0 fully saturated rings. The molecule has 0 spiro atoms. The number of hydrogen-bond donors (Lipinski definition) is 1. The van der Waals surface area contributed by atoms with E-state index in [1.54, 1.807) is 4.52 Å². The Kier molecular flexibility index (Phi) is 3.24. The van der Waals surface area contributed by atoms with Gasteiger partial charge >= 0.3 is 0 Å². The van der Waals surface area contributed by atoms with Crippen LogP contribution in [0.4, 0.5) is 5.82 Å². The van der Waals surface area contributed by atoms with Crippen molar-refractivity contribution >= 4 is 11.6 Å². The van der Waals surface area contributed by atoms with Gasteiger partial charge in [-0.15, -0.1) is 0 Å². The second-order valence-corrected chi connectivity index (χ2v) is 5.75. The highest BCUT2D eigenvalue weighted by Gasteiger charge is 2.22. The molecule has 0 bridgehead atoms. The lowest BCUT2D eigenvalue weighted by Crippen LogP contribution is -2.29. The highest BCUT2D eigenvalue weighted by atomic mass is 15.3. The fourth-order valence-corrected chi connectivity index (χ4v) is 1.58. The van der Waals surface area contributed by atoms with Crippen molar-refractivity contribution in [2.45, 2.75) is 34.6 Å². The van der Waals surface area contributed by atoms with Gasteiger partial charge in [0.15, 0.2) is 0 Å². The molecule has 2 heterocycles. The SMILES string of the molecule is Cc1cc(NCC(C)(C)C(C)C)n2ncnc2n1. The van der Waals surface area contributed by atoms with Crippen molar-refractivity contribution < 1.29 is 0 Å². The van der Waals surface area contributed by atoms with Crippen LogP contribution in [0.15, 0.2) is 12.4 Å². The van der Waals surface area contributed by atoms with Crippen LogP contribution >= 0.6 is 0 Å². The summed E-state index contributed by atoms with van der Waals surface area (Å²) in [6, 6.07) is 2.00. The molecule has 0 unspecified atom stereocenters. The lowest BCUT2D eigenvalue weighted by atomic mass is 9.81. The Bertz CT molecular complexity index is 541. The van der Waals surface area contributed by atoms with Crippen LogP contribution in [-0.2, 0) is 0 Å². The molecule has 1 N–H and O–H groups in total. The Hall–Kier alpha value is -1.65. The molecule has 5 nitrogen and oxygen atoms in total. The van der Waals surface area contributed by atoms with Crippen molar-refractivity contribution in [3.63, 3.8) is 0 Å². The monoisotopic (exact) mass is 247 g/mol. The molecule has 0 aromatic carbocycles. The maximum absolute atomic E-state index is 4.33. The third-order valence-electron chi connectivity index (χ3n) is 3.67. The molecule has 5 heteroatoms. The van der Waals surface area contributed by atoms with Crippen molar-refractivity contribution in [1.29, 1.82) is 0 Å². The van der Waals surface area contributed by atoms with E-state index in [0.717, 1.165) is 18.1 Å². The summed E-state index contributed by atoms with van der Waals surface area (Å²) in [6.45, 7) is 11.9. The number of aromatic nitrogens is 4. The second-order valence-electron chi connectivity index (χ2n) is 5.75. The highest BCUT2D eigenvalue weighted by molar-refractivity contribution is 5.44. The summed E-state index contributed by atoms with van der Waals surface area (Å²) in [6.07, 6.45) is 1.53. The Morgan fingerprint density at radius 2 is 2.11 bits per heavy atom. The average Bonchev–Trinajstić information content (AvgIpc) is 2.73. The van der Waals surface area contributed by atoms with Crippen LogP contribution in [0.25, 0.3) is 5.78 Å². The molecular weight excluding hydrogens is 226 g/mol. The summed E-state index contributed by atoms with van der Waals surface area (Å²) >= 11 is 0. The van der Waals surface area contributed by atoms with Crippen molar-refractivity contribution in [2.75, 3.05) is 11.9 Å². The van der Waals surface area contributed by atoms with Crippen LogP contribution < -0.4 is 5.32 Å². The van der Waals surface area contributed by atoms with Crippen molar-refractivity contribution in [1.82, 2.24) is 19.6 Å². The fourth-order valence-electron chi connectivity index (χ4n) is 1.58. The molecule has 0 amide bonds. The van der Waals surface area contributed by atoms with Gasteiger partial charge in [-0.2, -0.15) is 14.6 Å². The average molecular weight is 247 g/mol. The number of fused-ring (bicyclic) bond motifs is 1. The van der Waals surface area contributed by atoms with Crippen LogP contribution in [0.1, 0.15) is 33.4 Å². The summed E-state index contributed by atoms with van der Waals surface area (Å²) in [5.41, 5.74) is 1.17. The summed E-state index contributed by atoms with van der Waals surface area (Å²) in [5, 5.41) is 7.64. The summed E-state index contributed by atoms with van der Waals surface area (Å²) in [7, 11) is 0. The summed E-state index contributed by atoms with van der Waals surface area (Å²) in [5.74, 6) is 2.20. The van der Waals surface area contributed by atoms with Gasteiger partial charge in [0.1, 0.15) is 12.1 Å². The van der Waals surface area contributed by atoms with Crippen LogP contribution in [0.3, 0.4) is 0 Å². The van der Waals surface area contributed by atoms with Crippen LogP contribution in [0.2, 0.25) is 0 Å². The maximum Gasteiger partial charge on any atom is 0.254 e. The van der Waals surface area contributed by atoms with E-state index >= 15 is 0 Å². The zero-order valence-electron chi connectivity index (χ0n) is 11.7. The van der Waals surface area contributed by atoms with Gasteiger partial charge in [-0.25, -0.2) is 4.98 Å². The largest absolute Gasteiger partial charge is 0.369 e. The van der Waals surface area contributed by atoms with Gasteiger partial charge in [-0.3, -0.25) is 0 Å². The second kappa shape index (κ2) is 4.55. The van der Waals surface area contributed by atoms with Gasteiger partial charge in [-0.05, 0) is 18.3 Å². The Balaban J connectivity index is 2.24. The molecule has 98 valence electrons. The number of nitrogens with zero attached hydrogens (tertiary/aromatic N) is 4. The van der Waals surface area contributed by atoms with E-state index in [4.69, 9.17) is 0 Å². The first-order chi connectivity index (χ1) is 8.40. The molecule has 2 rings (SSSR count). The molecule has 18 heavy (non-hydrogen) atoms. The molecule has 0 aliphatic rings. The van der Waals surface area contributed by atoms with Gasteiger partial charge in [-0.1, -0.05) is 27.7 Å². The number of aryl methyl sites for hydroxylation is 1. The number of nitrogens with one attached hydrogen (secondary N) is 1. The van der Waals surface area contributed by atoms with Crippen LogP contribution in [0, 0.1) is 18.3 Å². The minimum atomic E-state index is 0.226. The molecule has 0 saturated heterocycles. The summed E-state index contributed by atoms with van der Waals surface area (Å²) < 4.78 is 1.74. The standard InChI is InChI=1S/C13H21N5/c1-9(2)13(4,5)7-14-11-6-10(3)17-12-15-8-16-18(11)12/h6,8-9,14H,7H2,1-5H3. The van der Waals surface area contributed by atoms with E-state index in [1.165, 1.54) is 6.33 Å². The molecule has 0 aliphatic heterocycles. The lowest BCUT2D eigenvalue weighted by Gasteiger charge is -2.29. The fraction of sp³-hybridized carbons (Fsp3) is 0.615. The maximum atomic E-state index is 4.33. The lowest BCUT2D eigenvalue weighted by molar-refractivity contribution is 0.269. The van der Waals surface area contributed by atoms with Crippen molar-refractivity contribution in [2.24, 2.45) is 11.3 Å². The smallest absolute Gasteiger partial charge is 0.254 e. The normalized spacial score (nSPS) is 12.3. The van der Waals surface area contributed by atoms with Crippen molar-refractivity contribution in [3.8, 4) is 0 Å². The van der Waals surface area contributed by atoms with Crippen molar-refractivity contribution in [3.05, 3.63) is 18.1 Å². The highest BCUT2D eigenvalue weighted by Crippen LogP contribution is 2.26. The van der Waals surface area contributed by atoms with E-state index in [0.29, 0.717) is 11.7 Å². The first-order valence-electron chi connectivity index (χ1n) is 6.31.